The zero-order chi connectivity index (χ0) is 21.3. The Kier molecular flexibility index (Phi) is 9.09. The first-order chi connectivity index (χ1) is 13.1. The highest BCUT2D eigenvalue weighted by Crippen LogP contribution is 2.03. The van der Waals surface area contributed by atoms with Crippen LogP contribution in [0.3, 0.4) is 0 Å². The maximum absolute atomic E-state index is 12.0. The SMILES string of the molecule is CC(C)CC(N)C(=O)NC(C)C(=O)NCC(=O)NC(Cc1cnc[nH]1)C(=O)O. The van der Waals surface area contributed by atoms with Crippen molar-refractivity contribution in [2.24, 2.45) is 11.7 Å². The number of aliphatic carboxylic acids is 1. The molecule has 1 heterocycles. The number of carbonyl (C=O) groups is 4. The van der Waals surface area contributed by atoms with E-state index >= 15 is 0 Å². The van der Waals surface area contributed by atoms with E-state index in [9.17, 15) is 24.3 Å². The molecule has 28 heavy (non-hydrogen) atoms. The molecule has 0 spiro atoms. The van der Waals surface area contributed by atoms with E-state index in [1.165, 1.54) is 19.4 Å². The molecular formula is C17H28N6O5. The summed E-state index contributed by atoms with van der Waals surface area (Å²) in [5.41, 5.74) is 6.30. The molecule has 3 unspecified atom stereocenters. The number of hydrogen-bond acceptors (Lipinski definition) is 6. The summed E-state index contributed by atoms with van der Waals surface area (Å²) in [6.07, 6.45) is 3.36. The summed E-state index contributed by atoms with van der Waals surface area (Å²) in [7, 11) is 0. The summed E-state index contributed by atoms with van der Waals surface area (Å²) in [5, 5.41) is 16.4. The molecule has 0 aliphatic carbocycles. The Morgan fingerprint density at radius 2 is 1.86 bits per heavy atom. The minimum atomic E-state index is -1.21. The van der Waals surface area contributed by atoms with Crippen LogP contribution in [0.5, 0.6) is 0 Å². The molecule has 1 aromatic rings. The van der Waals surface area contributed by atoms with Crippen LogP contribution < -0.4 is 21.7 Å². The number of nitrogens with one attached hydrogen (secondary N) is 4. The summed E-state index contributed by atoms with van der Waals surface area (Å²) in [5.74, 6) is -2.69. The van der Waals surface area contributed by atoms with Crippen LogP contribution in [0, 0.1) is 5.92 Å². The number of carboxylic acids is 1. The molecule has 0 saturated carbocycles. The largest absolute Gasteiger partial charge is 0.480 e. The number of nitrogens with zero attached hydrogens (tertiary/aromatic N) is 1. The van der Waals surface area contributed by atoms with Gasteiger partial charge in [-0.15, -0.1) is 0 Å². The smallest absolute Gasteiger partial charge is 0.326 e. The average molecular weight is 396 g/mol. The van der Waals surface area contributed by atoms with E-state index < -0.39 is 48.4 Å². The van der Waals surface area contributed by atoms with Crippen molar-refractivity contribution in [1.29, 1.82) is 0 Å². The van der Waals surface area contributed by atoms with Gasteiger partial charge in [-0.25, -0.2) is 9.78 Å². The Bertz CT molecular complexity index is 676. The second-order valence-electron chi connectivity index (χ2n) is 6.92. The van der Waals surface area contributed by atoms with Crippen molar-refractivity contribution in [2.75, 3.05) is 6.54 Å². The monoisotopic (exact) mass is 396 g/mol. The van der Waals surface area contributed by atoms with Crippen molar-refractivity contribution >= 4 is 23.7 Å². The van der Waals surface area contributed by atoms with Gasteiger partial charge in [0.05, 0.1) is 18.9 Å². The second-order valence-corrected chi connectivity index (χ2v) is 6.92. The van der Waals surface area contributed by atoms with E-state index in [0.29, 0.717) is 12.1 Å². The topological polar surface area (TPSA) is 179 Å². The number of carbonyl (C=O) groups excluding carboxylic acids is 3. The first-order valence-corrected chi connectivity index (χ1v) is 8.93. The van der Waals surface area contributed by atoms with Gasteiger partial charge in [-0.3, -0.25) is 14.4 Å². The van der Waals surface area contributed by atoms with Crippen LogP contribution in [0.2, 0.25) is 0 Å². The van der Waals surface area contributed by atoms with Gasteiger partial charge in [-0.2, -0.15) is 0 Å². The fourth-order valence-electron chi connectivity index (χ4n) is 2.38. The van der Waals surface area contributed by atoms with Crippen molar-refractivity contribution in [3.05, 3.63) is 18.2 Å². The van der Waals surface area contributed by atoms with E-state index in [0.717, 1.165) is 0 Å². The summed E-state index contributed by atoms with van der Waals surface area (Å²) in [4.78, 5) is 53.7. The number of imidazole rings is 1. The minimum Gasteiger partial charge on any atom is -0.480 e. The Morgan fingerprint density at radius 3 is 2.39 bits per heavy atom. The van der Waals surface area contributed by atoms with Gasteiger partial charge in [0.25, 0.3) is 0 Å². The van der Waals surface area contributed by atoms with Crippen LogP contribution in [-0.4, -0.2) is 63.4 Å². The Labute approximate surface area is 162 Å². The predicted octanol–water partition coefficient (Wildman–Crippen LogP) is -1.48. The molecule has 3 atom stereocenters. The highest BCUT2D eigenvalue weighted by atomic mass is 16.4. The highest BCUT2D eigenvalue weighted by molar-refractivity contribution is 5.92. The third kappa shape index (κ3) is 8.16. The van der Waals surface area contributed by atoms with Crippen molar-refractivity contribution in [2.45, 2.75) is 51.7 Å². The number of hydrogen-bond donors (Lipinski definition) is 6. The predicted molar refractivity (Wildman–Crippen MR) is 99.9 cm³/mol. The fraction of sp³-hybridized carbons (Fsp3) is 0.588. The third-order valence-electron chi connectivity index (χ3n) is 3.85. The molecule has 11 nitrogen and oxygen atoms in total. The van der Waals surface area contributed by atoms with Gasteiger partial charge in [0.2, 0.25) is 17.7 Å². The number of carboxylic acid groups (broad SMARTS) is 1. The number of amides is 3. The molecule has 11 heteroatoms. The Balaban J connectivity index is 2.44. The number of nitrogens with two attached hydrogens (primary N) is 1. The van der Waals surface area contributed by atoms with Crippen molar-refractivity contribution in [3.8, 4) is 0 Å². The van der Waals surface area contributed by atoms with Crippen molar-refractivity contribution in [3.63, 3.8) is 0 Å². The lowest BCUT2D eigenvalue weighted by molar-refractivity contribution is -0.141. The lowest BCUT2D eigenvalue weighted by Gasteiger charge is -2.19. The summed E-state index contributed by atoms with van der Waals surface area (Å²) in [6.45, 7) is 4.90. The number of aromatic amines is 1. The van der Waals surface area contributed by atoms with Crippen LogP contribution >= 0.6 is 0 Å². The van der Waals surface area contributed by atoms with Gasteiger partial charge < -0.3 is 31.8 Å². The molecule has 0 saturated heterocycles. The summed E-state index contributed by atoms with van der Waals surface area (Å²) < 4.78 is 0. The van der Waals surface area contributed by atoms with E-state index in [1.807, 2.05) is 13.8 Å². The third-order valence-corrected chi connectivity index (χ3v) is 3.85. The molecule has 0 aromatic carbocycles. The molecule has 0 aliphatic rings. The van der Waals surface area contributed by atoms with Gasteiger partial charge in [0.1, 0.15) is 12.1 Å². The number of H-pyrrole nitrogens is 1. The first kappa shape index (κ1) is 23.1. The molecular weight excluding hydrogens is 368 g/mol. The van der Waals surface area contributed by atoms with E-state index in [1.54, 1.807) is 0 Å². The molecule has 0 aliphatic heterocycles. The maximum atomic E-state index is 12.0. The zero-order valence-corrected chi connectivity index (χ0v) is 16.2. The highest BCUT2D eigenvalue weighted by Gasteiger charge is 2.23. The Hall–Kier alpha value is -2.95. The van der Waals surface area contributed by atoms with Gasteiger partial charge >= 0.3 is 5.97 Å². The maximum Gasteiger partial charge on any atom is 0.326 e. The van der Waals surface area contributed by atoms with Crippen molar-refractivity contribution in [1.82, 2.24) is 25.9 Å². The minimum absolute atomic E-state index is 0.0230. The van der Waals surface area contributed by atoms with Crippen LogP contribution in [0.25, 0.3) is 0 Å². The van der Waals surface area contributed by atoms with E-state index in [2.05, 4.69) is 25.9 Å². The number of aromatic nitrogens is 2. The van der Waals surface area contributed by atoms with Crippen LogP contribution in [0.15, 0.2) is 12.5 Å². The molecule has 0 fully saturated rings. The lowest BCUT2D eigenvalue weighted by Crippen LogP contribution is -2.52. The van der Waals surface area contributed by atoms with Crippen LogP contribution in [0.1, 0.15) is 32.9 Å². The van der Waals surface area contributed by atoms with Gasteiger partial charge in [-0.05, 0) is 19.3 Å². The van der Waals surface area contributed by atoms with Gasteiger partial charge in [0, 0.05) is 18.3 Å². The van der Waals surface area contributed by atoms with Gasteiger partial charge in [0.15, 0.2) is 0 Å². The average Bonchev–Trinajstić information content (AvgIpc) is 3.11. The normalized spacial score (nSPS) is 14.0. The quantitative estimate of drug-likeness (QED) is 0.264. The summed E-state index contributed by atoms with van der Waals surface area (Å²) in [6, 6.07) is -2.79. The fourth-order valence-corrected chi connectivity index (χ4v) is 2.38. The zero-order valence-electron chi connectivity index (χ0n) is 16.2. The molecule has 0 bridgehead atoms. The van der Waals surface area contributed by atoms with Crippen LogP contribution in [0.4, 0.5) is 0 Å². The molecule has 0 radical (unpaired) electrons. The summed E-state index contributed by atoms with van der Waals surface area (Å²) >= 11 is 0. The molecule has 156 valence electrons. The Morgan fingerprint density at radius 1 is 1.18 bits per heavy atom. The van der Waals surface area contributed by atoms with Crippen LogP contribution in [-0.2, 0) is 25.6 Å². The molecule has 7 N–H and O–H groups in total. The van der Waals surface area contributed by atoms with Crippen molar-refractivity contribution < 1.29 is 24.3 Å². The van der Waals surface area contributed by atoms with Gasteiger partial charge in [-0.1, -0.05) is 13.8 Å². The van der Waals surface area contributed by atoms with E-state index in [-0.39, 0.29) is 12.3 Å². The molecule has 1 aromatic heterocycles. The van der Waals surface area contributed by atoms with E-state index in [4.69, 9.17) is 5.73 Å². The molecule has 3 amide bonds. The molecule has 1 rings (SSSR count). The second kappa shape index (κ2) is 11.0. The standard InChI is InChI=1S/C17H28N6O5/c1-9(2)4-12(18)16(26)22-10(3)15(25)20-7-14(24)23-13(17(27)28)5-11-6-19-8-21-11/h6,8-10,12-13H,4-5,7,18H2,1-3H3,(H,19,21)(H,20,25)(H,22,26)(H,23,24)(H,27,28). The first-order valence-electron chi connectivity index (χ1n) is 8.93. The number of rotatable bonds is 11. The lowest BCUT2D eigenvalue weighted by atomic mass is 10.0.